The smallest absolute Gasteiger partial charge is 0.157 e. The van der Waals surface area contributed by atoms with E-state index in [2.05, 4.69) is 0 Å². The summed E-state index contributed by atoms with van der Waals surface area (Å²) in [6.45, 7) is 0. The first-order valence-electron chi connectivity index (χ1n) is 12.7. The van der Waals surface area contributed by atoms with Crippen LogP contribution in [0.1, 0.15) is 45.9 Å². The lowest BCUT2D eigenvalue weighted by Gasteiger charge is -2.40. The van der Waals surface area contributed by atoms with Crippen molar-refractivity contribution < 1.29 is 55.4 Å². The zero-order valence-corrected chi connectivity index (χ0v) is 21.2. The van der Waals surface area contributed by atoms with Gasteiger partial charge in [-0.1, -0.05) is 18.2 Å². The molecule has 0 amide bonds. The second-order valence-electron chi connectivity index (χ2n) is 10.2. The van der Waals surface area contributed by atoms with Crippen LogP contribution in [0.3, 0.4) is 0 Å². The molecule has 0 radical (unpaired) electrons. The molecule has 0 spiro atoms. The molecule has 0 saturated carbocycles. The largest absolute Gasteiger partial charge is 0.508 e. The van der Waals surface area contributed by atoms with Crippen LogP contribution in [0, 0.1) is 0 Å². The number of aromatic hydroxyl groups is 7. The minimum atomic E-state index is -1.43. The standard InChI is InChI=1S/C30H26O11/c31-14-3-4-15-24(9-14)40-29(13-2-6-18(33)21(36)8-13)27(39)25(15)26-22(37)11-19(34)16-10-23(38)28(41-30(16)26)12-1-5-17(32)20(35)7-12/h1-9,11,23,25,27-29,31-39H,10H2/t23-,25-,27+,28+,29-/m0/s1. The van der Waals surface area contributed by atoms with Gasteiger partial charge < -0.3 is 55.4 Å². The van der Waals surface area contributed by atoms with Gasteiger partial charge in [-0.15, -0.1) is 0 Å². The normalized spacial score (nSPS) is 23.1. The van der Waals surface area contributed by atoms with E-state index in [9.17, 15) is 46.0 Å². The molecule has 2 aliphatic heterocycles. The van der Waals surface area contributed by atoms with E-state index in [-0.39, 0.29) is 57.6 Å². The van der Waals surface area contributed by atoms with Crippen LogP contribution in [0.25, 0.3) is 0 Å². The molecule has 9 N–H and O–H groups in total. The van der Waals surface area contributed by atoms with Gasteiger partial charge in [-0.2, -0.15) is 0 Å². The molecule has 11 heteroatoms. The molecule has 2 aliphatic rings. The number of hydrogen-bond acceptors (Lipinski definition) is 11. The van der Waals surface area contributed by atoms with Crippen molar-refractivity contribution in [2.75, 3.05) is 0 Å². The summed E-state index contributed by atoms with van der Waals surface area (Å²) >= 11 is 0. The Morgan fingerprint density at radius 2 is 1.22 bits per heavy atom. The lowest BCUT2D eigenvalue weighted by atomic mass is 9.78. The molecule has 0 saturated heterocycles. The number of ether oxygens (including phenoxy) is 2. The van der Waals surface area contributed by atoms with E-state index in [0.717, 1.165) is 6.07 Å². The maximum Gasteiger partial charge on any atom is 0.157 e. The second kappa shape index (κ2) is 9.58. The fourth-order valence-corrected chi connectivity index (χ4v) is 5.61. The number of phenols is 7. The molecule has 6 rings (SSSR count). The maximum absolute atomic E-state index is 11.7. The Labute approximate surface area is 232 Å². The Balaban J connectivity index is 1.53. The van der Waals surface area contributed by atoms with Crippen LogP contribution in [0.15, 0.2) is 60.7 Å². The van der Waals surface area contributed by atoms with Crippen LogP contribution in [-0.4, -0.2) is 58.2 Å². The van der Waals surface area contributed by atoms with Crippen LogP contribution in [0.4, 0.5) is 0 Å². The average Bonchev–Trinajstić information content (AvgIpc) is 2.93. The molecular formula is C30H26O11. The van der Waals surface area contributed by atoms with Gasteiger partial charge in [0.1, 0.15) is 41.0 Å². The number of rotatable bonds is 3. The first-order valence-corrected chi connectivity index (χ1v) is 12.7. The van der Waals surface area contributed by atoms with Gasteiger partial charge in [-0.05, 0) is 41.5 Å². The highest BCUT2D eigenvalue weighted by atomic mass is 16.5. The van der Waals surface area contributed by atoms with Crippen molar-refractivity contribution in [2.45, 2.75) is 36.8 Å². The highest BCUT2D eigenvalue weighted by Crippen LogP contribution is 2.55. The monoisotopic (exact) mass is 562 g/mol. The van der Waals surface area contributed by atoms with Gasteiger partial charge in [-0.3, -0.25) is 0 Å². The summed E-state index contributed by atoms with van der Waals surface area (Å²) in [4.78, 5) is 0. The quantitative estimate of drug-likeness (QED) is 0.166. The maximum atomic E-state index is 11.7. The molecule has 0 aliphatic carbocycles. The van der Waals surface area contributed by atoms with E-state index in [0.29, 0.717) is 11.1 Å². The molecule has 2 heterocycles. The lowest BCUT2D eigenvalue weighted by Crippen LogP contribution is -2.36. The highest BCUT2D eigenvalue weighted by molar-refractivity contribution is 5.63. The molecule has 0 fully saturated rings. The van der Waals surface area contributed by atoms with Gasteiger partial charge in [0, 0.05) is 41.2 Å². The van der Waals surface area contributed by atoms with E-state index < -0.39 is 47.6 Å². The van der Waals surface area contributed by atoms with Gasteiger partial charge in [0.2, 0.25) is 0 Å². The third-order valence-electron chi connectivity index (χ3n) is 7.59. The minimum Gasteiger partial charge on any atom is -0.508 e. The summed E-state index contributed by atoms with van der Waals surface area (Å²) in [6, 6.07) is 13.1. The average molecular weight is 563 g/mol. The Bertz CT molecular complexity index is 1670. The van der Waals surface area contributed by atoms with Crippen LogP contribution < -0.4 is 9.47 Å². The minimum absolute atomic E-state index is 0.0114. The Morgan fingerprint density at radius 3 is 1.85 bits per heavy atom. The molecule has 0 aromatic heterocycles. The van der Waals surface area contributed by atoms with E-state index in [4.69, 9.17) is 9.47 Å². The number of hydrogen-bond donors (Lipinski definition) is 9. The molecule has 4 aromatic rings. The summed E-state index contributed by atoms with van der Waals surface area (Å²) in [5.74, 6) is -3.45. The molecule has 11 nitrogen and oxygen atoms in total. The predicted octanol–water partition coefficient (Wildman–Crippen LogP) is 3.29. The van der Waals surface area contributed by atoms with Crippen molar-refractivity contribution >= 4 is 0 Å². The number of aliphatic hydroxyl groups is 2. The van der Waals surface area contributed by atoms with E-state index in [1.165, 1.54) is 54.6 Å². The molecule has 4 aromatic carbocycles. The first kappa shape index (κ1) is 26.2. The zero-order valence-electron chi connectivity index (χ0n) is 21.2. The SMILES string of the molecule is Oc1ccc2c(c1)O[C@@H](c1ccc(O)c(O)c1)[C@H](O)[C@@H]2c1c(O)cc(O)c2c1O[C@H](c1ccc(O)c(O)c1)[C@@H](O)C2. The summed E-state index contributed by atoms with van der Waals surface area (Å²) in [7, 11) is 0. The Kier molecular flexibility index (Phi) is 6.13. The summed E-state index contributed by atoms with van der Waals surface area (Å²) in [5, 5.41) is 94.4. The molecule has 212 valence electrons. The highest BCUT2D eigenvalue weighted by Gasteiger charge is 2.44. The van der Waals surface area contributed by atoms with Crippen molar-refractivity contribution in [1.82, 2.24) is 0 Å². The van der Waals surface area contributed by atoms with Crippen LogP contribution in [0.2, 0.25) is 0 Å². The third kappa shape index (κ3) is 4.31. The Hall–Kier alpha value is -5.00. The lowest BCUT2D eigenvalue weighted by molar-refractivity contribution is 0.00186. The summed E-state index contributed by atoms with van der Waals surface area (Å²) in [6.07, 6.45) is -4.97. The number of phenolic OH excluding ortho intramolecular Hbond substituents is 7. The number of aliphatic hydroxyl groups excluding tert-OH is 2. The van der Waals surface area contributed by atoms with Crippen LogP contribution >= 0.6 is 0 Å². The van der Waals surface area contributed by atoms with Crippen molar-refractivity contribution in [3.8, 4) is 51.7 Å². The van der Waals surface area contributed by atoms with Gasteiger partial charge in [0.05, 0.1) is 6.10 Å². The molecule has 0 unspecified atom stereocenters. The van der Waals surface area contributed by atoms with Crippen molar-refractivity contribution in [2.24, 2.45) is 0 Å². The molecule has 0 bridgehead atoms. The first-order chi connectivity index (χ1) is 19.5. The third-order valence-corrected chi connectivity index (χ3v) is 7.59. The predicted molar refractivity (Wildman–Crippen MR) is 142 cm³/mol. The Morgan fingerprint density at radius 1 is 0.585 bits per heavy atom. The van der Waals surface area contributed by atoms with E-state index in [1.807, 2.05) is 0 Å². The fraction of sp³-hybridized carbons (Fsp3) is 0.200. The topological polar surface area (TPSA) is 201 Å². The number of fused-ring (bicyclic) bond motifs is 2. The molecule has 41 heavy (non-hydrogen) atoms. The van der Waals surface area contributed by atoms with E-state index in [1.54, 1.807) is 0 Å². The van der Waals surface area contributed by atoms with E-state index >= 15 is 0 Å². The fourth-order valence-electron chi connectivity index (χ4n) is 5.61. The van der Waals surface area contributed by atoms with Gasteiger partial charge in [-0.25, -0.2) is 0 Å². The van der Waals surface area contributed by atoms with Crippen LogP contribution in [0.5, 0.6) is 51.7 Å². The molecule has 5 atom stereocenters. The number of benzene rings is 4. The summed E-state index contributed by atoms with van der Waals surface area (Å²) < 4.78 is 12.2. The van der Waals surface area contributed by atoms with Crippen molar-refractivity contribution in [3.05, 3.63) is 88.5 Å². The second-order valence-corrected chi connectivity index (χ2v) is 10.2. The zero-order chi connectivity index (χ0) is 29.2. The molecular weight excluding hydrogens is 536 g/mol. The van der Waals surface area contributed by atoms with Crippen LogP contribution in [-0.2, 0) is 6.42 Å². The van der Waals surface area contributed by atoms with Gasteiger partial charge in [0.25, 0.3) is 0 Å². The van der Waals surface area contributed by atoms with Gasteiger partial charge in [0.15, 0.2) is 29.1 Å². The summed E-state index contributed by atoms with van der Waals surface area (Å²) in [5.41, 5.74) is 1.19. The van der Waals surface area contributed by atoms with Crippen molar-refractivity contribution in [1.29, 1.82) is 0 Å². The van der Waals surface area contributed by atoms with Crippen molar-refractivity contribution in [3.63, 3.8) is 0 Å². The van der Waals surface area contributed by atoms with Gasteiger partial charge >= 0.3 is 0 Å².